The summed E-state index contributed by atoms with van der Waals surface area (Å²) in [6.45, 7) is 0. The van der Waals surface area contributed by atoms with E-state index in [9.17, 15) is 0 Å². The molecule has 0 atom stereocenters. The molecule has 0 aliphatic rings. The van der Waals surface area contributed by atoms with E-state index in [0.717, 1.165) is 21.5 Å². The van der Waals surface area contributed by atoms with Crippen LogP contribution < -0.4 is 19.6 Å². The van der Waals surface area contributed by atoms with Gasteiger partial charge >= 0.3 is 0 Å². The van der Waals surface area contributed by atoms with Gasteiger partial charge in [0.25, 0.3) is 0 Å². The maximum Gasteiger partial charge on any atom is 0.174 e. The average molecular weight is 365 g/mol. The molecule has 0 aliphatic heterocycles. The van der Waals surface area contributed by atoms with E-state index in [1.54, 1.807) is 27.5 Å². The third-order valence-electron chi connectivity index (χ3n) is 2.95. The minimum atomic E-state index is 0.641. The summed E-state index contributed by atoms with van der Waals surface area (Å²) in [5.41, 5.74) is 4.71. The van der Waals surface area contributed by atoms with Gasteiger partial charge in [-0.05, 0) is 57.9 Å². The predicted molar refractivity (Wildman–Crippen MR) is 91.5 cm³/mol. The van der Waals surface area contributed by atoms with Gasteiger partial charge in [-0.3, -0.25) is 5.43 Å². The summed E-state index contributed by atoms with van der Waals surface area (Å²) in [6, 6.07) is 11.3. The van der Waals surface area contributed by atoms with Crippen molar-refractivity contribution in [2.45, 2.75) is 0 Å². The number of rotatable bonds is 6. The standard InChI is InChI=1S/C16H17BrN2O3/c1-20-13-6-4-12(5-7-13)19-18-10-11-8-14(17)16(22-3)15(9-11)21-2/h4-10,19H,1-3H3/b18-10+. The van der Waals surface area contributed by atoms with Crippen LogP contribution in [0.4, 0.5) is 5.69 Å². The molecule has 0 saturated carbocycles. The molecule has 6 heteroatoms. The highest BCUT2D eigenvalue weighted by Gasteiger charge is 2.09. The molecule has 22 heavy (non-hydrogen) atoms. The molecule has 0 unspecified atom stereocenters. The van der Waals surface area contributed by atoms with Crippen LogP contribution >= 0.6 is 15.9 Å². The molecule has 5 nitrogen and oxygen atoms in total. The predicted octanol–water partition coefficient (Wildman–Crippen LogP) is 3.92. The van der Waals surface area contributed by atoms with E-state index in [1.807, 2.05) is 36.4 Å². The molecule has 0 bridgehead atoms. The van der Waals surface area contributed by atoms with Crippen LogP contribution in [0, 0.1) is 0 Å². The van der Waals surface area contributed by atoms with E-state index < -0.39 is 0 Å². The molecule has 2 aromatic rings. The van der Waals surface area contributed by atoms with Gasteiger partial charge in [-0.2, -0.15) is 5.10 Å². The summed E-state index contributed by atoms with van der Waals surface area (Å²) < 4.78 is 16.5. The normalized spacial score (nSPS) is 10.5. The van der Waals surface area contributed by atoms with E-state index >= 15 is 0 Å². The van der Waals surface area contributed by atoms with Crippen LogP contribution in [0.1, 0.15) is 5.56 Å². The highest BCUT2D eigenvalue weighted by Crippen LogP contribution is 2.35. The highest BCUT2D eigenvalue weighted by atomic mass is 79.9. The summed E-state index contributed by atoms with van der Waals surface area (Å²) in [5, 5.41) is 4.21. The summed E-state index contributed by atoms with van der Waals surface area (Å²) in [5.74, 6) is 2.10. The van der Waals surface area contributed by atoms with Crippen molar-refractivity contribution in [3.05, 3.63) is 46.4 Å². The Morgan fingerprint density at radius 1 is 1.00 bits per heavy atom. The fraction of sp³-hybridized carbons (Fsp3) is 0.188. The third kappa shape index (κ3) is 3.92. The van der Waals surface area contributed by atoms with Gasteiger partial charge in [-0.1, -0.05) is 0 Å². The van der Waals surface area contributed by atoms with Crippen molar-refractivity contribution in [1.29, 1.82) is 0 Å². The van der Waals surface area contributed by atoms with Gasteiger partial charge in [0.1, 0.15) is 5.75 Å². The third-order valence-corrected chi connectivity index (χ3v) is 3.54. The van der Waals surface area contributed by atoms with E-state index in [1.165, 1.54) is 0 Å². The largest absolute Gasteiger partial charge is 0.497 e. The number of nitrogens with one attached hydrogen (secondary N) is 1. The van der Waals surface area contributed by atoms with Crippen LogP contribution in [0.25, 0.3) is 0 Å². The molecule has 0 fully saturated rings. The molecule has 0 aliphatic carbocycles. The lowest BCUT2D eigenvalue weighted by Gasteiger charge is -2.10. The van der Waals surface area contributed by atoms with Gasteiger partial charge in [0.15, 0.2) is 11.5 Å². The van der Waals surface area contributed by atoms with Crippen LogP contribution in [0.2, 0.25) is 0 Å². The van der Waals surface area contributed by atoms with Crippen molar-refractivity contribution in [3.63, 3.8) is 0 Å². The zero-order valence-corrected chi connectivity index (χ0v) is 14.2. The Morgan fingerprint density at radius 3 is 2.32 bits per heavy atom. The number of benzene rings is 2. The first-order valence-corrected chi connectivity index (χ1v) is 7.32. The fourth-order valence-electron chi connectivity index (χ4n) is 1.86. The van der Waals surface area contributed by atoms with E-state index in [-0.39, 0.29) is 0 Å². The maximum atomic E-state index is 5.30. The minimum absolute atomic E-state index is 0.641. The van der Waals surface area contributed by atoms with Crippen molar-refractivity contribution in [2.75, 3.05) is 26.8 Å². The second kappa shape index (κ2) is 7.70. The van der Waals surface area contributed by atoms with Gasteiger partial charge in [0.05, 0.1) is 37.7 Å². The van der Waals surface area contributed by atoms with Crippen LogP contribution in [-0.4, -0.2) is 27.5 Å². The molecule has 0 spiro atoms. The Hall–Kier alpha value is -2.21. The second-order valence-electron chi connectivity index (χ2n) is 4.34. The van der Waals surface area contributed by atoms with Crippen LogP contribution in [0.3, 0.4) is 0 Å². The Kier molecular flexibility index (Phi) is 5.66. The Bertz CT molecular complexity index is 657. The lowest BCUT2D eigenvalue weighted by molar-refractivity contribution is 0.353. The smallest absolute Gasteiger partial charge is 0.174 e. The topological polar surface area (TPSA) is 52.1 Å². The molecule has 1 N–H and O–H groups in total. The van der Waals surface area contributed by atoms with Crippen LogP contribution in [0.15, 0.2) is 46.0 Å². The quantitative estimate of drug-likeness (QED) is 0.623. The number of hydrazone groups is 1. The molecule has 0 amide bonds. The Morgan fingerprint density at radius 2 is 1.73 bits per heavy atom. The van der Waals surface area contributed by atoms with Crippen LogP contribution in [-0.2, 0) is 0 Å². The second-order valence-corrected chi connectivity index (χ2v) is 5.19. The minimum Gasteiger partial charge on any atom is -0.497 e. The van der Waals surface area contributed by atoms with Gasteiger partial charge in [0, 0.05) is 0 Å². The Labute approximate surface area is 138 Å². The lowest BCUT2D eigenvalue weighted by Crippen LogP contribution is -1.95. The highest BCUT2D eigenvalue weighted by molar-refractivity contribution is 9.10. The monoisotopic (exact) mass is 364 g/mol. The lowest BCUT2D eigenvalue weighted by atomic mass is 10.2. The summed E-state index contributed by atoms with van der Waals surface area (Å²) in [6.07, 6.45) is 1.71. The number of anilines is 1. The van der Waals surface area contributed by atoms with Crippen LogP contribution in [0.5, 0.6) is 17.2 Å². The molecule has 2 rings (SSSR count). The van der Waals surface area contributed by atoms with Gasteiger partial charge < -0.3 is 14.2 Å². The summed E-state index contributed by atoms with van der Waals surface area (Å²) >= 11 is 3.45. The fourth-order valence-corrected chi connectivity index (χ4v) is 2.48. The number of methoxy groups -OCH3 is 3. The zero-order chi connectivity index (χ0) is 15.9. The molecule has 2 aromatic carbocycles. The SMILES string of the molecule is COc1ccc(N/N=C/c2cc(Br)c(OC)c(OC)c2)cc1. The van der Waals surface area contributed by atoms with E-state index in [0.29, 0.717) is 11.5 Å². The van der Waals surface area contributed by atoms with Gasteiger partial charge in [-0.25, -0.2) is 0 Å². The van der Waals surface area contributed by atoms with Crippen molar-refractivity contribution < 1.29 is 14.2 Å². The zero-order valence-electron chi connectivity index (χ0n) is 12.6. The van der Waals surface area contributed by atoms with E-state index in [2.05, 4.69) is 26.5 Å². The molecule has 116 valence electrons. The molecule has 0 heterocycles. The van der Waals surface area contributed by atoms with Crippen molar-refractivity contribution in [1.82, 2.24) is 0 Å². The molecule has 0 saturated heterocycles. The summed E-state index contributed by atoms with van der Waals surface area (Å²) in [4.78, 5) is 0. The maximum absolute atomic E-state index is 5.30. The number of nitrogens with zero attached hydrogens (tertiary/aromatic N) is 1. The van der Waals surface area contributed by atoms with Gasteiger partial charge in [0.2, 0.25) is 0 Å². The summed E-state index contributed by atoms with van der Waals surface area (Å²) in [7, 11) is 4.83. The first-order valence-electron chi connectivity index (χ1n) is 6.52. The van der Waals surface area contributed by atoms with Crippen molar-refractivity contribution in [3.8, 4) is 17.2 Å². The molecular formula is C16H17BrN2O3. The van der Waals surface area contributed by atoms with Gasteiger partial charge in [-0.15, -0.1) is 0 Å². The average Bonchev–Trinajstić information content (AvgIpc) is 2.55. The number of halogens is 1. The first kappa shape index (κ1) is 16.2. The molecular weight excluding hydrogens is 348 g/mol. The number of hydrogen-bond donors (Lipinski definition) is 1. The van der Waals surface area contributed by atoms with Crippen molar-refractivity contribution in [2.24, 2.45) is 5.10 Å². The number of hydrogen-bond acceptors (Lipinski definition) is 5. The van der Waals surface area contributed by atoms with Crippen molar-refractivity contribution >= 4 is 27.8 Å². The van der Waals surface area contributed by atoms with E-state index in [4.69, 9.17) is 14.2 Å². The molecule has 0 aromatic heterocycles. The first-order chi connectivity index (χ1) is 10.7. The Balaban J connectivity index is 2.10. The number of ether oxygens (including phenoxy) is 3. The molecule has 0 radical (unpaired) electrons.